The Hall–Kier alpha value is -3.13. The molecule has 8 nitrogen and oxygen atoms in total. The van der Waals surface area contributed by atoms with Crippen LogP contribution in [0, 0.1) is 6.92 Å². The van der Waals surface area contributed by atoms with Crippen LogP contribution in [-0.4, -0.2) is 36.5 Å². The molecule has 0 aliphatic carbocycles. The summed E-state index contributed by atoms with van der Waals surface area (Å²) in [5.74, 6) is -1.07. The van der Waals surface area contributed by atoms with E-state index in [1.165, 1.54) is 16.9 Å². The molecule has 0 bridgehead atoms. The summed E-state index contributed by atoms with van der Waals surface area (Å²) in [7, 11) is 0. The van der Waals surface area contributed by atoms with Crippen molar-refractivity contribution in [2.45, 2.75) is 20.0 Å². The lowest BCUT2D eigenvalue weighted by Crippen LogP contribution is -2.20. The lowest BCUT2D eigenvalue weighted by atomic mass is 10.2. The van der Waals surface area contributed by atoms with Crippen LogP contribution in [0.4, 0.5) is 5.82 Å². The number of halogens is 1. The number of aryl methyl sites for hydroxylation is 1. The Bertz CT molecular complexity index is 963. The topological polar surface area (TPSA) is 102 Å². The van der Waals surface area contributed by atoms with E-state index in [2.05, 4.69) is 15.5 Å². The average Bonchev–Trinajstić information content (AvgIpc) is 3.15. The van der Waals surface area contributed by atoms with Crippen molar-refractivity contribution in [3.63, 3.8) is 0 Å². The molecule has 1 amide bonds. The van der Waals surface area contributed by atoms with Crippen molar-refractivity contribution < 1.29 is 14.7 Å². The van der Waals surface area contributed by atoms with E-state index in [0.29, 0.717) is 17.4 Å². The smallest absolute Gasteiger partial charge is 0.356 e. The van der Waals surface area contributed by atoms with Crippen LogP contribution < -0.4 is 5.32 Å². The molecule has 134 valence electrons. The number of carboxylic acid groups (broad SMARTS) is 1. The molecule has 1 aromatic carbocycles. The van der Waals surface area contributed by atoms with Gasteiger partial charge in [0.2, 0.25) is 5.91 Å². The minimum atomic E-state index is -1.14. The van der Waals surface area contributed by atoms with Crippen LogP contribution in [0.25, 0.3) is 0 Å². The van der Waals surface area contributed by atoms with Crippen molar-refractivity contribution in [3.8, 4) is 0 Å². The highest BCUT2D eigenvalue weighted by molar-refractivity contribution is 6.30. The van der Waals surface area contributed by atoms with Crippen LogP contribution >= 0.6 is 11.6 Å². The van der Waals surface area contributed by atoms with Gasteiger partial charge in [-0.15, -0.1) is 0 Å². The van der Waals surface area contributed by atoms with Gasteiger partial charge in [0.05, 0.1) is 6.54 Å². The van der Waals surface area contributed by atoms with Gasteiger partial charge in [0.1, 0.15) is 6.54 Å². The molecule has 0 fully saturated rings. The highest BCUT2D eigenvalue weighted by Crippen LogP contribution is 2.15. The monoisotopic (exact) mass is 373 g/mol. The summed E-state index contributed by atoms with van der Waals surface area (Å²) in [6, 6.07) is 10.6. The quantitative estimate of drug-likeness (QED) is 0.690. The number of hydrogen-bond acceptors (Lipinski definition) is 4. The van der Waals surface area contributed by atoms with Crippen molar-refractivity contribution in [3.05, 3.63) is 64.6 Å². The van der Waals surface area contributed by atoms with Crippen molar-refractivity contribution in [1.82, 2.24) is 19.6 Å². The lowest BCUT2D eigenvalue weighted by molar-refractivity contribution is -0.116. The normalized spacial score (nSPS) is 10.7. The minimum absolute atomic E-state index is 0.104. The van der Waals surface area contributed by atoms with E-state index in [1.807, 2.05) is 25.1 Å². The van der Waals surface area contributed by atoms with Gasteiger partial charge in [0, 0.05) is 23.0 Å². The van der Waals surface area contributed by atoms with Crippen LogP contribution in [0.5, 0.6) is 0 Å². The van der Waals surface area contributed by atoms with Crippen molar-refractivity contribution in [2.24, 2.45) is 0 Å². The number of amides is 1. The third kappa shape index (κ3) is 4.28. The number of aromatic carboxylic acids is 1. The molecule has 0 radical (unpaired) electrons. The summed E-state index contributed by atoms with van der Waals surface area (Å²) in [6.07, 6.45) is 1.44. The van der Waals surface area contributed by atoms with E-state index in [1.54, 1.807) is 16.8 Å². The average molecular weight is 374 g/mol. The van der Waals surface area contributed by atoms with Crippen molar-refractivity contribution in [2.75, 3.05) is 5.32 Å². The van der Waals surface area contributed by atoms with Gasteiger partial charge in [-0.25, -0.2) is 4.79 Å². The molecule has 26 heavy (non-hydrogen) atoms. The fraction of sp³-hybridized carbons (Fsp3) is 0.176. The zero-order valence-electron chi connectivity index (χ0n) is 13.9. The molecule has 0 unspecified atom stereocenters. The van der Waals surface area contributed by atoms with Gasteiger partial charge in [-0.1, -0.05) is 23.7 Å². The summed E-state index contributed by atoms with van der Waals surface area (Å²) in [6.45, 7) is 2.32. The summed E-state index contributed by atoms with van der Waals surface area (Å²) in [5, 5.41) is 20.3. The Morgan fingerprint density at radius 3 is 2.73 bits per heavy atom. The number of benzene rings is 1. The van der Waals surface area contributed by atoms with Gasteiger partial charge in [-0.2, -0.15) is 10.2 Å². The van der Waals surface area contributed by atoms with Gasteiger partial charge >= 0.3 is 5.97 Å². The minimum Gasteiger partial charge on any atom is -0.476 e. The molecule has 0 saturated heterocycles. The summed E-state index contributed by atoms with van der Waals surface area (Å²) < 4.78 is 3.02. The van der Waals surface area contributed by atoms with Crippen molar-refractivity contribution in [1.29, 1.82) is 0 Å². The van der Waals surface area contributed by atoms with Crippen LogP contribution in [0.3, 0.4) is 0 Å². The third-order valence-corrected chi connectivity index (χ3v) is 3.87. The largest absolute Gasteiger partial charge is 0.476 e. The number of carbonyl (C=O) groups excluding carboxylic acids is 1. The molecular weight excluding hydrogens is 358 g/mol. The van der Waals surface area contributed by atoms with Crippen LogP contribution in [0.1, 0.15) is 21.7 Å². The summed E-state index contributed by atoms with van der Waals surface area (Å²) >= 11 is 5.99. The molecule has 0 atom stereocenters. The zero-order valence-corrected chi connectivity index (χ0v) is 14.6. The standard InChI is InChI=1S/C17H16ClN5O3/c1-11-7-15(21-23(11)9-12-3-2-4-13(18)8-12)19-16(24)10-22-6-5-14(20-22)17(25)26/h2-8H,9-10H2,1H3,(H,25,26)(H,19,21,24). The molecule has 2 heterocycles. The Labute approximate surface area is 154 Å². The van der Waals surface area contributed by atoms with E-state index in [-0.39, 0.29) is 18.1 Å². The second-order valence-electron chi connectivity index (χ2n) is 5.71. The first-order valence-electron chi connectivity index (χ1n) is 7.76. The summed E-state index contributed by atoms with van der Waals surface area (Å²) in [4.78, 5) is 22.9. The Balaban J connectivity index is 1.64. The van der Waals surface area contributed by atoms with Gasteiger partial charge in [-0.3, -0.25) is 14.2 Å². The number of nitrogens with one attached hydrogen (secondary N) is 1. The van der Waals surface area contributed by atoms with E-state index < -0.39 is 5.97 Å². The van der Waals surface area contributed by atoms with Gasteiger partial charge in [0.25, 0.3) is 0 Å². The van der Waals surface area contributed by atoms with Gasteiger partial charge in [0.15, 0.2) is 11.5 Å². The van der Waals surface area contributed by atoms with E-state index in [9.17, 15) is 9.59 Å². The van der Waals surface area contributed by atoms with Crippen LogP contribution in [-0.2, 0) is 17.9 Å². The van der Waals surface area contributed by atoms with Gasteiger partial charge in [-0.05, 0) is 30.7 Å². The number of nitrogens with zero attached hydrogens (tertiary/aromatic N) is 4. The lowest BCUT2D eigenvalue weighted by Gasteiger charge is -2.05. The number of rotatable bonds is 6. The maximum absolute atomic E-state index is 12.1. The number of carboxylic acids is 1. The SMILES string of the molecule is Cc1cc(NC(=O)Cn2ccc(C(=O)O)n2)nn1Cc1cccc(Cl)c1. The fourth-order valence-corrected chi connectivity index (χ4v) is 2.65. The predicted molar refractivity (Wildman–Crippen MR) is 95.3 cm³/mol. The van der Waals surface area contributed by atoms with Crippen molar-refractivity contribution >= 4 is 29.3 Å². The Morgan fingerprint density at radius 1 is 1.23 bits per heavy atom. The molecule has 3 aromatic rings. The Kier molecular flexibility index (Phi) is 5.04. The highest BCUT2D eigenvalue weighted by atomic mass is 35.5. The number of aromatic nitrogens is 4. The molecule has 0 aliphatic heterocycles. The molecule has 0 spiro atoms. The maximum Gasteiger partial charge on any atom is 0.356 e. The molecule has 0 aliphatic rings. The van der Waals surface area contributed by atoms with Crippen LogP contribution in [0.2, 0.25) is 5.02 Å². The molecule has 9 heteroatoms. The van der Waals surface area contributed by atoms with Gasteiger partial charge < -0.3 is 10.4 Å². The predicted octanol–water partition coefficient (Wildman–Crippen LogP) is 2.43. The first-order valence-corrected chi connectivity index (χ1v) is 8.14. The molecule has 0 saturated carbocycles. The zero-order chi connectivity index (χ0) is 18.7. The third-order valence-electron chi connectivity index (χ3n) is 3.64. The first kappa shape index (κ1) is 17.7. The second-order valence-corrected chi connectivity index (χ2v) is 6.15. The molecule has 2 aromatic heterocycles. The van der Waals surface area contributed by atoms with E-state index in [4.69, 9.17) is 16.7 Å². The number of anilines is 1. The number of hydrogen-bond donors (Lipinski definition) is 2. The van der Waals surface area contributed by atoms with E-state index >= 15 is 0 Å². The van der Waals surface area contributed by atoms with Crippen LogP contribution in [0.15, 0.2) is 42.6 Å². The molecule has 2 N–H and O–H groups in total. The summed E-state index contributed by atoms with van der Waals surface area (Å²) in [5.41, 5.74) is 1.77. The molecular formula is C17H16ClN5O3. The van der Waals surface area contributed by atoms with E-state index in [0.717, 1.165) is 11.3 Å². The highest BCUT2D eigenvalue weighted by Gasteiger charge is 2.12. The maximum atomic E-state index is 12.1. The fourth-order valence-electron chi connectivity index (χ4n) is 2.43. The first-order chi connectivity index (χ1) is 12.4. The number of carbonyl (C=O) groups is 2. The molecule has 3 rings (SSSR count). The second kappa shape index (κ2) is 7.40. The Morgan fingerprint density at radius 2 is 2.04 bits per heavy atom.